The van der Waals surface area contributed by atoms with Crippen LogP contribution in [0.5, 0.6) is 0 Å². The van der Waals surface area contributed by atoms with Crippen LogP contribution in [0.4, 0.5) is 0 Å². The molecule has 5 rings (SSSR count). The van der Waals surface area contributed by atoms with Crippen LogP contribution < -0.4 is 0 Å². The molecule has 5 nitrogen and oxygen atoms in total. The fourth-order valence-corrected chi connectivity index (χ4v) is 7.88. The van der Waals surface area contributed by atoms with Crippen molar-refractivity contribution >= 4 is 33.3 Å². The minimum Gasteiger partial charge on any atom is -0.392 e. The van der Waals surface area contributed by atoms with Crippen molar-refractivity contribution in [2.24, 2.45) is 11.8 Å². The highest BCUT2D eigenvalue weighted by atomic mass is 33.1. The number of aliphatic hydroxyl groups excluding tert-OH is 2. The van der Waals surface area contributed by atoms with Crippen molar-refractivity contribution in [1.82, 2.24) is 4.90 Å². The zero-order valence-electron chi connectivity index (χ0n) is 11.4. The summed E-state index contributed by atoms with van der Waals surface area (Å²) in [7, 11) is 4.28. The highest BCUT2D eigenvalue weighted by molar-refractivity contribution is 8.78. The molecule has 4 fully saturated rings. The van der Waals surface area contributed by atoms with Crippen LogP contribution in [0.3, 0.4) is 0 Å². The van der Waals surface area contributed by atoms with Crippen LogP contribution >= 0.6 is 21.6 Å². The average Bonchev–Trinajstić information content (AvgIpc) is 2.83. The summed E-state index contributed by atoms with van der Waals surface area (Å²) < 4.78 is -0.822. The van der Waals surface area contributed by atoms with E-state index in [1.165, 1.54) is 26.5 Å². The molecule has 2 N–H and O–H groups in total. The van der Waals surface area contributed by atoms with E-state index in [9.17, 15) is 19.8 Å². The Kier molecular flexibility index (Phi) is 2.75. The molecule has 5 atom stereocenters. The van der Waals surface area contributed by atoms with Crippen molar-refractivity contribution in [3.63, 3.8) is 0 Å². The van der Waals surface area contributed by atoms with Crippen LogP contribution in [0.15, 0.2) is 23.8 Å². The lowest BCUT2D eigenvalue weighted by Gasteiger charge is -2.56. The Morgan fingerprint density at radius 3 is 2.90 bits per heavy atom. The summed E-state index contributed by atoms with van der Waals surface area (Å²) in [6.07, 6.45) is 5.12. The van der Waals surface area contributed by atoms with Crippen molar-refractivity contribution in [3.05, 3.63) is 23.8 Å². The molecule has 3 aliphatic heterocycles. The van der Waals surface area contributed by atoms with Gasteiger partial charge in [-0.15, -0.1) is 0 Å². The van der Waals surface area contributed by atoms with Gasteiger partial charge in [-0.25, -0.2) is 0 Å². The fourth-order valence-electron chi connectivity index (χ4n) is 4.04. The molecule has 1 saturated carbocycles. The number of allylic oxidation sites excluding steroid dienone is 2. The van der Waals surface area contributed by atoms with E-state index in [0.717, 1.165) is 5.57 Å². The zero-order valence-corrected chi connectivity index (χ0v) is 13.0. The molecule has 1 amide bonds. The molecule has 1 unspecified atom stereocenters. The first-order valence-corrected chi connectivity index (χ1v) is 8.98. The van der Waals surface area contributed by atoms with Crippen LogP contribution in [0.25, 0.3) is 0 Å². The summed E-state index contributed by atoms with van der Waals surface area (Å²) in [5, 5.41) is 20.1. The molecular formula is C14H15NO4S2. The number of carbonyl (C=O) groups is 2. The minimum atomic E-state index is -1.20. The predicted octanol–water partition coefficient (Wildman–Crippen LogP) is 0.343. The normalized spacial score (nSPS) is 47.5. The fraction of sp³-hybridized carbons (Fsp3) is 0.571. The van der Waals surface area contributed by atoms with E-state index in [1.807, 2.05) is 6.08 Å². The van der Waals surface area contributed by atoms with Gasteiger partial charge in [0, 0.05) is 13.0 Å². The van der Waals surface area contributed by atoms with Gasteiger partial charge in [0.15, 0.2) is 10.7 Å². The van der Waals surface area contributed by atoms with Gasteiger partial charge in [0.2, 0.25) is 5.91 Å². The minimum absolute atomic E-state index is 0.104. The number of nitrogens with zero attached hydrogens (tertiary/aromatic N) is 1. The molecule has 0 aromatic rings. The van der Waals surface area contributed by atoms with Gasteiger partial charge >= 0.3 is 0 Å². The van der Waals surface area contributed by atoms with E-state index in [1.54, 1.807) is 19.2 Å². The lowest BCUT2D eigenvalue weighted by Crippen LogP contribution is -2.72. The van der Waals surface area contributed by atoms with Gasteiger partial charge in [0.05, 0.1) is 18.6 Å². The second-order valence-corrected chi connectivity index (χ2v) is 8.76. The highest BCUT2D eigenvalue weighted by Crippen LogP contribution is 2.68. The summed E-state index contributed by atoms with van der Waals surface area (Å²) in [6.45, 7) is -0.393. The van der Waals surface area contributed by atoms with Crippen molar-refractivity contribution in [3.8, 4) is 0 Å². The maximum absolute atomic E-state index is 13.0. The number of amides is 1. The first kappa shape index (κ1) is 13.9. The summed E-state index contributed by atoms with van der Waals surface area (Å²) >= 11 is 0. The highest BCUT2D eigenvalue weighted by Gasteiger charge is 2.74. The summed E-state index contributed by atoms with van der Waals surface area (Å²) in [6, 6.07) is 0. The van der Waals surface area contributed by atoms with Crippen LogP contribution in [-0.2, 0) is 9.59 Å². The quantitative estimate of drug-likeness (QED) is 0.677. The number of piperidine rings is 1. The van der Waals surface area contributed by atoms with E-state index in [-0.39, 0.29) is 17.6 Å². The molecule has 0 aromatic carbocycles. The standard InChI is InChI=1S/C14H15NO4S2/c1-15-12(19)13-5-7-3-2-4-8(17)9(7)10(13)11(18)14(15,6-16)21-20-13/h2-4,8-10,16-17H,5-6H2,1H3/t8-,9-,10?,13-,14+/m0/s1. The summed E-state index contributed by atoms with van der Waals surface area (Å²) in [5.41, 5.74) is 0.967. The second kappa shape index (κ2) is 4.16. The lowest BCUT2D eigenvalue weighted by atomic mass is 9.74. The van der Waals surface area contributed by atoms with Crippen LogP contribution in [0.1, 0.15) is 6.42 Å². The molecular weight excluding hydrogens is 310 g/mol. The number of hydrogen-bond acceptors (Lipinski definition) is 6. The van der Waals surface area contributed by atoms with Crippen LogP contribution in [0.2, 0.25) is 0 Å². The number of rotatable bonds is 1. The molecule has 7 heteroatoms. The SMILES string of the molecule is CN1C(=O)[C@]23CC4=CC=C[C@H](O)[C@H]4C2C(=O)[C@@]1(CO)SS3. The number of likely N-dealkylation sites (N-methyl/N-ethyl adjacent to an activating group) is 1. The van der Waals surface area contributed by atoms with Gasteiger partial charge in [-0.05, 0) is 6.42 Å². The Balaban J connectivity index is 1.90. The topological polar surface area (TPSA) is 77.8 Å². The Hall–Kier alpha value is -0.760. The summed E-state index contributed by atoms with van der Waals surface area (Å²) in [4.78, 5) is 26.1. The van der Waals surface area contributed by atoms with Crippen molar-refractivity contribution in [1.29, 1.82) is 0 Å². The molecule has 112 valence electrons. The Bertz CT molecular complexity index is 618. The monoisotopic (exact) mass is 325 g/mol. The van der Waals surface area contributed by atoms with Gasteiger partial charge in [-0.3, -0.25) is 9.59 Å². The van der Waals surface area contributed by atoms with Gasteiger partial charge in [-0.1, -0.05) is 45.4 Å². The third kappa shape index (κ3) is 1.39. The first-order chi connectivity index (χ1) is 9.98. The molecule has 2 bridgehead atoms. The molecule has 3 heterocycles. The number of Topliss-reactive ketones (excluding diaryl/α,β-unsaturated/α-hetero) is 1. The second-order valence-electron chi connectivity index (χ2n) is 6.02. The Morgan fingerprint density at radius 1 is 1.43 bits per heavy atom. The number of aliphatic hydroxyl groups is 2. The van der Waals surface area contributed by atoms with E-state index < -0.39 is 28.2 Å². The predicted molar refractivity (Wildman–Crippen MR) is 80.3 cm³/mol. The maximum atomic E-state index is 13.0. The third-order valence-electron chi connectivity index (χ3n) is 5.16. The number of fused-ring (bicyclic) bond motifs is 3. The van der Waals surface area contributed by atoms with Gasteiger partial charge in [0.25, 0.3) is 0 Å². The number of carbonyl (C=O) groups excluding carboxylic acids is 2. The van der Waals surface area contributed by atoms with Crippen LogP contribution in [-0.4, -0.2) is 56.2 Å². The molecule has 5 aliphatic rings. The Morgan fingerprint density at radius 2 is 2.19 bits per heavy atom. The number of hydrogen-bond donors (Lipinski definition) is 2. The molecule has 3 saturated heterocycles. The number of ketones is 1. The van der Waals surface area contributed by atoms with Crippen molar-refractivity contribution in [2.75, 3.05) is 13.7 Å². The van der Waals surface area contributed by atoms with E-state index >= 15 is 0 Å². The molecule has 21 heavy (non-hydrogen) atoms. The first-order valence-electron chi connectivity index (χ1n) is 6.83. The van der Waals surface area contributed by atoms with E-state index in [2.05, 4.69) is 0 Å². The molecule has 0 aromatic heterocycles. The third-order valence-corrected chi connectivity index (χ3v) is 8.96. The Labute approximate surface area is 129 Å². The van der Waals surface area contributed by atoms with Gasteiger partial charge < -0.3 is 15.1 Å². The van der Waals surface area contributed by atoms with Crippen molar-refractivity contribution < 1.29 is 19.8 Å². The van der Waals surface area contributed by atoms with E-state index in [4.69, 9.17) is 0 Å². The maximum Gasteiger partial charge on any atom is 0.242 e. The smallest absolute Gasteiger partial charge is 0.242 e. The molecule has 2 aliphatic carbocycles. The lowest BCUT2D eigenvalue weighted by molar-refractivity contribution is -0.155. The van der Waals surface area contributed by atoms with Crippen molar-refractivity contribution in [2.45, 2.75) is 22.1 Å². The zero-order chi connectivity index (χ0) is 15.0. The van der Waals surface area contributed by atoms with Crippen LogP contribution in [0, 0.1) is 11.8 Å². The average molecular weight is 325 g/mol. The summed E-state index contributed by atoms with van der Waals surface area (Å²) in [5.74, 6) is -1.11. The molecule has 0 radical (unpaired) electrons. The molecule has 1 spiro atoms. The van der Waals surface area contributed by atoms with E-state index in [0.29, 0.717) is 6.42 Å². The largest absolute Gasteiger partial charge is 0.392 e. The van der Waals surface area contributed by atoms with Gasteiger partial charge in [0.1, 0.15) is 4.75 Å². The van der Waals surface area contributed by atoms with Gasteiger partial charge in [-0.2, -0.15) is 0 Å².